The van der Waals surface area contributed by atoms with Gasteiger partial charge in [0.15, 0.2) is 0 Å². The topological polar surface area (TPSA) is 78.9 Å². The van der Waals surface area contributed by atoms with Crippen molar-refractivity contribution in [2.24, 2.45) is 5.92 Å². The molecule has 1 atom stereocenters. The van der Waals surface area contributed by atoms with Gasteiger partial charge in [-0.05, 0) is 12.3 Å². The lowest BCUT2D eigenvalue weighted by atomic mass is 10.1. The molecule has 0 aromatic heterocycles. The standard InChI is InChI=1S/C13H24N2O4/c1-10(2)3-4-14-12(16)9-15-5-6-19-11(8-15)7-13(17)18/h10-11H,3-9H2,1-2H3,(H,14,16)(H,17,18). The van der Waals surface area contributed by atoms with Crippen LogP contribution in [0.25, 0.3) is 0 Å². The highest BCUT2D eigenvalue weighted by molar-refractivity contribution is 5.78. The number of morpholine rings is 1. The van der Waals surface area contributed by atoms with E-state index in [-0.39, 0.29) is 18.4 Å². The lowest BCUT2D eigenvalue weighted by Gasteiger charge is -2.31. The van der Waals surface area contributed by atoms with Crippen LogP contribution in [0, 0.1) is 5.92 Å². The Morgan fingerprint density at radius 2 is 2.21 bits per heavy atom. The van der Waals surface area contributed by atoms with Gasteiger partial charge in [-0.25, -0.2) is 0 Å². The molecule has 110 valence electrons. The van der Waals surface area contributed by atoms with E-state index in [0.29, 0.717) is 38.7 Å². The van der Waals surface area contributed by atoms with Crippen LogP contribution in [0.4, 0.5) is 0 Å². The molecule has 0 spiro atoms. The van der Waals surface area contributed by atoms with Gasteiger partial charge in [0.25, 0.3) is 0 Å². The molecule has 1 aliphatic rings. The number of carbonyl (C=O) groups excluding carboxylic acids is 1. The highest BCUT2D eigenvalue weighted by Crippen LogP contribution is 2.08. The minimum absolute atomic E-state index is 0.00312. The van der Waals surface area contributed by atoms with Crippen LogP contribution in [0.5, 0.6) is 0 Å². The predicted molar refractivity (Wildman–Crippen MR) is 70.9 cm³/mol. The van der Waals surface area contributed by atoms with Crippen molar-refractivity contribution in [3.63, 3.8) is 0 Å². The van der Waals surface area contributed by atoms with Gasteiger partial charge in [-0.15, -0.1) is 0 Å². The number of carboxylic acids is 1. The van der Waals surface area contributed by atoms with E-state index < -0.39 is 5.97 Å². The Kier molecular flexibility index (Phi) is 6.80. The summed E-state index contributed by atoms with van der Waals surface area (Å²) in [6, 6.07) is 0. The Hall–Kier alpha value is -1.14. The van der Waals surface area contributed by atoms with Crippen molar-refractivity contribution < 1.29 is 19.4 Å². The zero-order valence-electron chi connectivity index (χ0n) is 11.7. The van der Waals surface area contributed by atoms with E-state index in [4.69, 9.17) is 9.84 Å². The number of ether oxygens (including phenoxy) is 1. The number of carbonyl (C=O) groups is 2. The van der Waals surface area contributed by atoms with E-state index >= 15 is 0 Å². The van der Waals surface area contributed by atoms with Crippen LogP contribution < -0.4 is 5.32 Å². The fourth-order valence-corrected chi connectivity index (χ4v) is 2.00. The number of amides is 1. The van der Waals surface area contributed by atoms with Crippen LogP contribution in [0.15, 0.2) is 0 Å². The molecule has 2 N–H and O–H groups in total. The Balaban J connectivity index is 2.23. The molecular formula is C13H24N2O4. The van der Waals surface area contributed by atoms with E-state index in [9.17, 15) is 9.59 Å². The first-order chi connectivity index (χ1) is 8.97. The normalized spacial score (nSPS) is 20.5. The van der Waals surface area contributed by atoms with Crippen molar-refractivity contribution in [3.8, 4) is 0 Å². The van der Waals surface area contributed by atoms with Crippen LogP contribution in [0.3, 0.4) is 0 Å². The quantitative estimate of drug-likeness (QED) is 0.698. The van der Waals surface area contributed by atoms with E-state index in [1.807, 2.05) is 4.90 Å². The van der Waals surface area contributed by atoms with Gasteiger partial charge in [0.1, 0.15) is 0 Å². The molecule has 6 heteroatoms. The maximum atomic E-state index is 11.7. The van der Waals surface area contributed by atoms with Gasteiger partial charge in [0, 0.05) is 19.6 Å². The molecule has 1 amide bonds. The number of nitrogens with zero attached hydrogens (tertiary/aromatic N) is 1. The van der Waals surface area contributed by atoms with Crippen LogP contribution in [0.2, 0.25) is 0 Å². The van der Waals surface area contributed by atoms with Crippen molar-refractivity contribution in [2.75, 3.05) is 32.8 Å². The van der Waals surface area contributed by atoms with Gasteiger partial charge in [-0.2, -0.15) is 0 Å². The lowest BCUT2D eigenvalue weighted by Crippen LogP contribution is -2.47. The van der Waals surface area contributed by atoms with E-state index in [1.54, 1.807) is 0 Å². The highest BCUT2D eigenvalue weighted by Gasteiger charge is 2.23. The first kappa shape index (κ1) is 15.9. The maximum Gasteiger partial charge on any atom is 0.306 e. The van der Waals surface area contributed by atoms with Gasteiger partial charge >= 0.3 is 5.97 Å². The third-order valence-electron chi connectivity index (χ3n) is 3.04. The SMILES string of the molecule is CC(C)CCNC(=O)CN1CCOC(CC(=O)O)C1. The minimum atomic E-state index is -0.867. The average Bonchev–Trinajstić information content (AvgIpc) is 2.27. The number of hydrogen-bond acceptors (Lipinski definition) is 4. The number of carboxylic acid groups (broad SMARTS) is 1. The summed E-state index contributed by atoms with van der Waals surface area (Å²) in [4.78, 5) is 24.3. The smallest absolute Gasteiger partial charge is 0.306 e. The Labute approximate surface area is 114 Å². The van der Waals surface area contributed by atoms with Crippen LogP contribution in [-0.4, -0.2) is 60.8 Å². The second kappa shape index (κ2) is 8.12. The zero-order valence-corrected chi connectivity index (χ0v) is 11.7. The first-order valence-corrected chi connectivity index (χ1v) is 6.80. The van der Waals surface area contributed by atoms with E-state index in [2.05, 4.69) is 19.2 Å². The number of rotatable bonds is 7. The van der Waals surface area contributed by atoms with Crippen molar-refractivity contribution in [1.29, 1.82) is 0 Å². The second-order valence-electron chi connectivity index (χ2n) is 5.36. The fourth-order valence-electron chi connectivity index (χ4n) is 2.00. The van der Waals surface area contributed by atoms with E-state index in [1.165, 1.54) is 0 Å². The summed E-state index contributed by atoms with van der Waals surface area (Å²) < 4.78 is 5.36. The van der Waals surface area contributed by atoms with Gasteiger partial charge in [0.05, 0.1) is 25.7 Å². The average molecular weight is 272 g/mol. The van der Waals surface area contributed by atoms with Crippen molar-refractivity contribution in [3.05, 3.63) is 0 Å². The van der Waals surface area contributed by atoms with Gasteiger partial charge < -0.3 is 15.2 Å². The molecule has 1 saturated heterocycles. The molecule has 1 fully saturated rings. The fraction of sp³-hybridized carbons (Fsp3) is 0.846. The summed E-state index contributed by atoms with van der Waals surface area (Å²) in [7, 11) is 0. The number of nitrogens with one attached hydrogen (secondary N) is 1. The molecule has 0 aromatic carbocycles. The van der Waals surface area contributed by atoms with Gasteiger partial charge in [0.2, 0.25) is 5.91 Å². The van der Waals surface area contributed by atoms with Gasteiger partial charge in [-0.3, -0.25) is 14.5 Å². The Morgan fingerprint density at radius 3 is 2.84 bits per heavy atom. The molecule has 6 nitrogen and oxygen atoms in total. The highest BCUT2D eigenvalue weighted by atomic mass is 16.5. The molecule has 1 heterocycles. The molecule has 0 bridgehead atoms. The molecule has 1 rings (SSSR count). The molecule has 0 aliphatic carbocycles. The minimum Gasteiger partial charge on any atom is -0.481 e. The molecule has 1 unspecified atom stereocenters. The van der Waals surface area contributed by atoms with Gasteiger partial charge in [-0.1, -0.05) is 13.8 Å². The third-order valence-corrected chi connectivity index (χ3v) is 3.04. The van der Waals surface area contributed by atoms with Crippen molar-refractivity contribution in [1.82, 2.24) is 10.2 Å². The summed E-state index contributed by atoms with van der Waals surface area (Å²) in [5, 5.41) is 11.6. The molecule has 0 saturated carbocycles. The number of aliphatic carboxylic acids is 1. The summed E-state index contributed by atoms with van der Waals surface area (Å²) >= 11 is 0. The largest absolute Gasteiger partial charge is 0.481 e. The molecule has 0 aromatic rings. The summed E-state index contributed by atoms with van der Waals surface area (Å²) in [5.74, 6) is -0.298. The zero-order chi connectivity index (χ0) is 14.3. The van der Waals surface area contributed by atoms with Crippen molar-refractivity contribution in [2.45, 2.75) is 32.8 Å². The monoisotopic (exact) mass is 272 g/mol. The Bertz CT molecular complexity index is 307. The van der Waals surface area contributed by atoms with Crippen LogP contribution in [-0.2, 0) is 14.3 Å². The number of hydrogen-bond donors (Lipinski definition) is 2. The lowest BCUT2D eigenvalue weighted by molar-refractivity contribution is -0.142. The molecule has 19 heavy (non-hydrogen) atoms. The molecular weight excluding hydrogens is 248 g/mol. The summed E-state index contributed by atoms with van der Waals surface area (Å²) in [5.41, 5.74) is 0. The predicted octanol–water partition coefficient (Wildman–Crippen LogP) is 0.324. The Morgan fingerprint density at radius 1 is 1.47 bits per heavy atom. The van der Waals surface area contributed by atoms with E-state index in [0.717, 1.165) is 6.42 Å². The second-order valence-corrected chi connectivity index (χ2v) is 5.36. The molecule has 1 aliphatic heterocycles. The first-order valence-electron chi connectivity index (χ1n) is 6.80. The summed E-state index contributed by atoms with van der Waals surface area (Å²) in [6.45, 7) is 6.90. The van der Waals surface area contributed by atoms with Crippen molar-refractivity contribution >= 4 is 11.9 Å². The maximum absolute atomic E-state index is 11.7. The van der Waals surface area contributed by atoms with Crippen LogP contribution in [0.1, 0.15) is 26.7 Å². The third kappa shape index (κ3) is 7.12. The molecule has 0 radical (unpaired) electrons. The summed E-state index contributed by atoms with van der Waals surface area (Å²) in [6.07, 6.45) is 0.650. The van der Waals surface area contributed by atoms with Crippen LogP contribution >= 0.6 is 0 Å².